The van der Waals surface area contributed by atoms with Crippen LogP contribution in [-0.2, 0) is 6.61 Å². The molecule has 34 heavy (non-hydrogen) atoms. The fourth-order valence-corrected chi connectivity index (χ4v) is 4.49. The maximum atomic E-state index is 10.8. The smallest absolute Gasteiger partial charge is 0.269 e. The van der Waals surface area contributed by atoms with Gasteiger partial charge in [0.05, 0.1) is 19.6 Å². The molecule has 4 aromatic rings. The monoisotopic (exact) mass is 580 g/mol. The molecule has 0 saturated heterocycles. The van der Waals surface area contributed by atoms with Crippen molar-refractivity contribution in [3.8, 4) is 17.2 Å². The number of benzene rings is 4. The number of nitro benzene ring substituents is 1. The molecule has 0 aliphatic heterocycles. The first-order chi connectivity index (χ1) is 16.5. The van der Waals surface area contributed by atoms with Crippen LogP contribution in [0.25, 0.3) is 0 Å². The summed E-state index contributed by atoms with van der Waals surface area (Å²) in [6.07, 6.45) is 1.77. The highest BCUT2D eigenvalue weighted by Gasteiger charge is 2.10. The molecular weight excluding hydrogens is 564 g/mol. The molecule has 0 unspecified atom stereocenters. The van der Waals surface area contributed by atoms with Crippen molar-refractivity contribution in [2.45, 2.75) is 6.61 Å². The van der Waals surface area contributed by atoms with Gasteiger partial charge in [0.15, 0.2) is 0 Å². The molecule has 0 heterocycles. The van der Waals surface area contributed by atoms with Crippen LogP contribution >= 0.6 is 31.9 Å². The Labute approximate surface area is 213 Å². The van der Waals surface area contributed by atoms with E-state index in [0.717, 1.165) is 37.3 Å². The Hall–Kier alpha value is -3.49. The average Bonchev–Trinajstić information content (AvgIpc) is 2.84. The summed E-state index contributed by atoms with van der Waals surface area (Å²) in [5.74, 6) is 2.16. The van der Waals surface area contributed by atoms with Crippen LogP contribution in [0, 0.1) is 10.1 Å². The Kier molecular flexibility index (Phi) is 7.72. The van der Waals surface area contributed by atoms with E-state index >= 15 is 0 Å². The van der Waals surface area contributed by atoms with E-state index in [-0.39, 0.29) is 12.3 Å². The van der Waals surface area contributed by atoms with Gasteiger partial charge in [0.1, 0.15) is 23.9 Å². The standard InChI is InChI=1S/C26H18Br2N2O4/c27-24-14-19(15-25(28)26(24)33-17-18-6-10-21(11-7-18)30(31)32)16-29-20-8-12-23(13-9-20)34-22-4-2-1-3-5-22/h1-16H,17H2. The van der Waals surface area contributed by atoms with Gasteiger partial charge in [-0.3, -0.25) is 15.1 Å². The summed E-state index contributed by atoms with van der Waals surface area (Å²) >= 11 is 7.09. The summed E-state index contributed by atoms with van der Waals surface area (Å²) in [5, 5.41) is 10.8. The van der Waals surface area contributed by atoms with Crippen LogP contribution in [-0.4, -0.2) is 11.1 Å². The highest BCUT2D eigenvalue weighted by Crippen LogP contribution is 2.35. The van der Waals surface area contributed by atoms with Crippen molar-refractivity contribution in [1.82, 2.24) is 0 Å². The predicted molar refractivity (Wildman–Crippen MR) is 139 cm³/mol. The average molecular weight is 582 g/mol. The summed E-state index contributed by atoms with van der Waals surface area (Å²) < 4.78 is 13.2. The van der Waals surface area contributed by atoms with E-state index < -0.39 is 4.92 Å². The lowest BCUT2D eigenvalue weighted by Gasteiger charge is -2.11. The van der Waals surface area contributed by atoms with E-state index in [4.69, 9.17) is 9.47 Å². The predicted octanol–water partition coefficient (Wildman–Crippen LogP) is 8.24. The zero-order valence-electron chi connectivity index (χ0n) is 17.7. The van der Waals surface area contributed by atoms with Crippen molar-refractivity contribution in [1.29, 1.82) is 0 Å². The topological polar surface area (TPSA) is 74.0 Å². The number of non-ortho nitro benzene ring substituents is 1. The quantitative estimate of drug-likeness (QED) is 0.119. The number of hydrogen-bond donors (Lipinski definition) is 0. The molecule has 0 saturated carbocycles. The third-order valence-corrected chi connectivity index (χ3v) is 5.91. The molecule has 0 spiro atoms. The minimum Gasteiger partial charge on any atom is -0.487 e. The second-order valence-electron chi connectivity index (χ2n) is 7.19. The van der Waals surface area contributed by atoms with Gasteiger partial charge in [0.25, 0.3) is 5.69 Å². The highest BCUT2D eigenvalue weighted by atomic mass is 79.9. The normalized spacial score (nSPS) is 10.9. The van der Waals surface area contributed by atoms with Crippen molar-refractivity contribution >= 4 is 49.4 Å². The molecule has 0 aromatic heterocycles. The van der Waals surface area contributed by atoms with E-state index in [1.807, 2.05) is 66.7 Å². The van der Waals surface area contributed by atoms with Gasteiger partial charge in [0, 0.05) is 18.3 Å². The summed E-state index contributed by atoms with van der Waals surface area (Å²) in [7, 11) is 0. The van der Waals surface area contributed by atoms with Gasteiger partial charge in [-0.15, -0.1) is 0 Å². The van der Waals surface area contributed by atoms with Crippen molar-refractivity contribution in [2.75, 3.05) is 0 Å². The number of hydrogen-bond acceptors (Lipinski definition) is 5. The lowest BCUT2D eigenvalue weighted by atomic mass is 10.2. The number of rotatable bonds is 8. The number of ether oxygens (including phenoxy) is 2. The van der Waals surface area contributed by atoms with Crippen molar-refractivity contribution in [3.05, 3.63) is 121 Å². The molecule has 8 heteroatoms. The highest BCUT2D eigenvalue weighted by molar-refractivity contribution is 9.11. The maximum absolute atomic E-state index is 10.8. The molecule has 6 nitrogen and oxygen atoms in total. The maximum Gasteiger partial charge on any atom is 0.269 e. The van der Waals surface area contributed by atoms with Gasteiger partial charge < -0.3 is 9.47 Å². The second kappa shape index (κ2) is 11.1. The first-order valence-corrected chi connectivity index (χ1v) is 11.8. The summed E-state index contributed by atoms with van der Waals surface area (Å²) in [6, 6.07) is 27.2. The van der Waals surface area contributed by atoms with E-state index in [1.165, 1.54) is 12.1 Å². The number of nitro groups is 1. The number of halogens is 2. The van der Waals surface area contributed by atoms with Gasteiger partial charge in [0.2, 0.25) is 0 Å². The first-order valence-electron chi connectivity index (χ1n) is 10.2. The Morgan fingerprint density at radius 1 is 0.853 bits per heavy atom. The molecule has 0 amide bonds. The first kappa shape index (κ1) is 23.7. The van der Waals surface area contributed by atoms with Gasteiger partial charge in [-0.05, 0) is 104 Å². The zero-order chi connectivity index (χ0) is 23.9. The lowest BCUT2D eigenvalue weighted by Crippen LogP contribution is -1.98. The number of para-hydroxylation sites is 1. The largest absolute Gasteiger partial charge is 0.487 e. The molecule has 0 aliphatic rings. The van der Waals surface area contributed by atoms with Crippen LogP contribution in [0.5, 0.6) is 17.2 Å². The molecule has 0 N–H and O–H groups in total. The van der Waals surface area contributed by atoms with Crippen LogP contribution in [0.2, 0.25) is 0 Å². The third-order valence-electron chi connectivity index (χ3n) is 4.73. The van der Waals surface area contributed by atoms with Crippen LogP contribution in [0.1, 0.15) is 11.1 Å². The van der Waals surface area contributed by atoms with Crippen LogP contribution < -0.4 is 9.47 Å². The van der Waals surface area contributed by atoms with E-state index in [0.29, 0.717) is 5.75 Å². The Bertz CT molecular complexity index is 1290. The Morgan fingerprint density at radius 3 is 2.09 bits per heavy atom. The second-order valence-corrected chi connectivity index (χ2v) is 8.90. The van der Waals surface area contributed by atoms with E-state index in [1.54, 1.807) is 18.3 Å². The summed E-state index contributed by atoms with van der Waals surface area (Å²) in [6.45, 7) is 0.278. The molecule has 4 aromatic carbocycles. The van der Waals surface area contributed by atoms with Crippen molar-refractivity contribution in [2.24, 2.45) is 4.99 Å². The van der Waals surface area contributed by atoms with Crippen LogP contribution in [0.15, 0.2) is 105 Å². The Balaban J connectivity index is 1.39. The lowest BCUT2D eigenvalue weighted by molar-refractivity contribution is -0.384. The van der Waals surface area contributed by atoms with E-state index in [2.05, 4.69) is 36.9 Å². The zero-order valence-corrected chi connectivity index (χ0v) is 20.9. The molecular formula is C26H18Br2N2O4. The van der Waals surface area contributed by atoms with Crippen LogP contribution in [0.4, 0.5) is 11.4 Å². The molecule has 4 rings (SSSR count). The fraction of sp³-hybridized carbons (Fsp3) is 0.0385. The molecule has 0 radical (unpaired) electrons. The molecule has 0 aliphatic carbocycles. The van der Waals surface area contributed by atoms with Gasteiger partial charge in [-0.2, -0.15) is 0 Å². The third kappa shape index (κ3) is 6.30. The van der Waals surface area contributed by atoms with Crippen LogP contribution in [0.3, 0.4) is 0 Å². The van der Waals surface area contributed by atoms with Crippen molar-refractivity contribution < 1.29 is 14.4 Å². The molecule has 0 fully saturated rings. The van der Waals surface area contributed by atoms with Gasteiger partial charge in [-0.1, -0.05) is 18.2 Å². The summed E-state index contributed by atoms with van der Waals surface area (Å²) in [4.78, 5) is 14.9. The SMILES string of the molecule is O=[N+]([O-])c1ccc(COc2c(Br)cc(C=Nc3ccc(Oc4ccccc4)cc3)cc2Br)cc1. The molecule has 0 atom stereocenters. The molecule has 170 valence electrons. The summed E-state index contributed by atoms with van der Waals surface area (Å²) in [5.41, 5.74) is 2.56. The van der Waals surface area contributed by atoms with Crippen molar-refractivity contribution in [3.63, 3.8) is 0 Å². The number of aliphatic imine (C=N–C) groups is 1. The number of nitrogens with zero attached hydrogens (tertiary/aromatic N) is 2. The minimum absolute atomic E-state index is 0.0492. The van der Waals surface area contributed by atoms with Gasteiger partial charge >= 0.3 is 0 Å². The Morgan fingerprint density at radius 2 is 1.47 bits per heavy atom. The van der Waals surface area contributed by atoms with E-state index in [9.17, 15) is 10.1 Å². The molecule has 0 bridgehead atoms. The van der Waals surface area contributed by atoms with Gasteiger partial charge in [-0.25, -0.2) is 0 Å². The minimum atomic E-state index is -0.426. The fourth-order valence-electron chi connectivity index (χ4n) is 3.04.